The number of amides is 1. The lowest BCUT2D eigenvalue weighted by Gasteiger charge is -2.34. The van der Waals surface area contributed by atoms with Crippen molar-refractivity contribution in [1.82, 2.24) is 9.91 Å². The average Bonchev–Trinajstić information content (AvgIpc) is 3.27. The van der Waals surface area contributed by atoms with Gasteiger partial charge in [-0.05, 0) is 64.3 Å². The van der Waals surface area contributed by atoms with Crippen LogP contribution in [-0.2, 0) is 14.3 Å². The fourth-order valence-electron chi connectivity index (χ4n) is 4.93. The summed E-state index contributed by atoms with van der Waals surface area (Å²) >= 11 is 0. The van der Waals surface area contributed by atoms with Gasteiger partial charge in [0.25, 0.3) is 5.91 Å². The van der Waals surface area contributed by atoms with E-state index in [0.29, 0.717) is 19.6 Å². The molecule has 1 amide bonds. The first-order valence-corrected chi connectivity index (χ1v) is 12.3. The van der Waals surface area contributed by atoms with Gasteiger partial charge in [-0.3, -0.25) is 14.5 Å². The molecule has 0 aromatic heterocycles. The molecule has 0 unspecified atom stereocenters. The van der Waals surface area contributed by atoms with Gasteiger partial charge in [0.05, 0.1) is 24.9 Å². The third-order valence-corrected chi connectivity index (χ3v) is 6.84. The summed E-state index contributed by atoms with van der Waals surface area (Å²) < 4.78 is 5.29. The van der Waals surface area contributed by atoms with Crippen molar-refractivity contribution < 1.29 is 14.3 Å². The van der Waals surface area contributed by atoms with Crippen LogP contribution in [0.15, 0.2) is 47.6 Å². The van der Waals surface area contributed by atoms with Crippen molar-refractivity contribution in [1.29, 1.82) is 0 Å². The molecule has 2 aliphatic heterocycles. The number of hydrazone groups is 1. The Hall–Kier alpha value is -2.99. The van der Waals surface area contributed by atoms with Crippen molar-refractivity contribution in [3.05, 3.63) is 70.3 Å². The van der Waals surface area contributed by atoms with Gasteiger partial charge in [0.15, 0.2) is 0 Å². The van der Waals surface area contributed by atoms with Crippen molar-refractivity contribution in [2.45, 2.75) is 65.5 Å². The highest BCUT2D eigenvalue weighted by Gasteiger charge is 2.37. The molecule has 2 aromatic rings. The van der Waals surface area contributed by atoms with Gasteiger partial charge >= 0.3 is 5.97 Å². The minimum Gasteiger partial charge on any atom is -0.465 e. The number of likely N-dealkylation sites (tertiary alicyclic amines) is 1. The predicted octanol–water partition coefficient (Wildman–Crippen LogP) is 4.71. The first-order chi connectivity index (χ1) is 16.4. The molecule has 0 aliphatic carbocycles. The monoisotopic (exact) mass is 461 g/mol. The van der Waals surface area contributed by atoms with Gasteiger partial charge in [-0.2, -0.15) is 5.10 Å². The molecule has 4 rings (SSSR count). The summed E-state index contributed by atoms with van der Waals surface area (Å²) in [5.74, 6) is -0.312. The summed E-state index contributed by atoms with van der Waals surface area (Å²) in [5.41, 5.74) is 6.60. The quantitative estimate of drug-likeness (QED) is 0.585. The molecular weight excluding hydrogens is 426 g/mol. The van der Waals surface area contributed by atoms with Gasteiger partial charge in [0.1, 0.15) is 6.04 Å². The largest absolute Gasteiger partial charge is 0.465 e. The summed E-state index contributed by atoms with van der Waals surface area (Å²) in [6, 6.07) is 14.2. The average molecular weight is 462 g/mol. The Balaban J connectivity index is 1.62. The number of carbonyl (C=O) groups excluding carboxylic acids is 2. The molecule has 1 fully saturated rings. The minimum absolute atomic E-state index is 0.0814. The molecule has 2 aromatic carbocycles. The number of piperidine rings is 1. The minimum atomic E-state index is -0.361. The van der Waals surface area contributed by atoms with Crippen LogP contribution < -0.4 is 0 Å². The summed E-state index contributed by atoms with van der Waals surface area (Å²) in [6.07, 6.45) is 3.34. The van der Waals surface area contributed by atoms with Crippen LogP contribution in [0.3, 0.4) is 0 Å². The number of rotatable bonds is 6. The standard InChI is InChI=1S/C28H35N3O3/c1-5-34-28(33)25-8-6-7-15-30(25)18-27(32)31-26(22-13-10-19(2)11-14-22)17-24(29-31)23-16-20(3)9-12-21(23)4/h9-14,16,25-26H,5-8,15,17-18H2,1-4H3/t25-,26-/m0/s1. The molecule has 1 saturated heterocycles. The second-order valence-electron chi connectivity index (χ2n) is 9.47. The van der Waals surface area contributed by atoms with Crippen LogP contribution in [0.1, 0.15) is 66.5 Å². The lowest BCUT2D eigenvalue weighted by molar-refractivity contribution is -0.152. The van der Waals surface area contributed by atoms with Crippen LogP contribution in [0.25, 0.3) is 0 Å². The van der Waals surface area contributed by atoms with Gasteiger partial charge < -0.3 is 4.74 Å². The van der Waals surface area contributed by atoms with Crippen LogP contribution in [0.4, 0.5) is 0 Å². The number of hydrogen-bond donors (Lipinski definition) is 0. The third kappa shape index (κ3) is 5.22. The molecule has 6 nitrogen and oxygen atoms in total. The van der Waals surface area contributed by atoms with Crippen molar-refractivity contribution in [2.24, 2.45) is 5.10 Å². The zero-order valence-corrected chi connectivity index (χ0v) is 20.7. The zero-order chi connectivity index (χ0) is 24.2. The van der Waals surface area contributed by atoms with Gasteiger partial charge in [-0.1, -0.05) is 53.9 Å². The molecule has 2 atom stereocenters. The van der Waals surface area contributed by atoms with Crippen molar-refractivity contribution >= 4 is 17.6 Å². The number of esters is 1. The Morgan fingerprint density at radius 2 is 1.76 bits per heavy atom. The molecule has 2 heterocycles. The molecule has 0 radical (unpaired) electrons. The molecule has 0 spiro atoms. The van der Waals surface area contributed by atoms with Crippen molar-refractivity contribution in [3.8, 4) is 0 Å². The van der Waals surface area contributed by atoms with E-state index < -0.39 is 0 Å². The third-order valence-electron chi connectivity index (χ3n) is 6.84. The maximum absolute atomic E-state index is 13.6. The van der Waals surface area contributed by atoms with E-state index in [1.165, 1.54) is 11.1 Å². The summed E-state index contributed by atoms with van der Waals surface area (Å²) in [6.45, 7) is 9.26. The highest BCUT2D eigenvalue weighted by Crippen LogP contribution is 2.34. The number of carbonyl (C=O) groups is 2. The predicted molar refractivity (Wildman–Crippen MR) is 134 cm³/mol. The molecule has 6 heteroatoms. The lowest BCUT2D eigenvalue weighted by atomic mass is 9.94. The summed E-state index contributed by atoms with van der Waals surface area (Å²) in [4.78, 5) is 28.1. The highest BCUT2D eigenvalue weighted by atomic mass is 16.5. The second kappa shape index (κ2) is 10.5. The van der Waals surface area contributed by atoms with Crippen LogP contribution in [-0.4, -0.2) is 53.2 Å². The number of hydrogen-bond acceptors (Lipinski definition) is 5. The van der Waals surface area contributed by atoms with Crippen LogP contribution in [0.5, 0.6) is 0 Å². The SMILES string of the molecule is CCOC(=O)[C@@H]1CCCCN1CC(=O)N1N=C(c2cc(C)ccc2C)C[C@H]1c1ccc(C)cc1. The van der Waals surface area contributed by atoms with Gasteiger partial charge in [0.2, 0.25) is 0 Å². The normalized spacial score (nSPS) is 20.8. The van der Waals surface area contributed by atoms with E-state index in [9.17, 15) is 9.59 Å². The lowest BCUT2D eigenvalue weighted by Crippen LogP contribution is -2.49. The highest BCUT2D eigenvalue weighted by molar-refractivity contribution is 6.04. The zero-order valence-electron chi connectivity index (χ0n) is 20.7. The number of benzene rings is 2. The first-order valence-electron chi connectivity index (χ1n) is 12.3. The van der Waals surface area contributed by atoms with Crippen LogP contribution >= 0.6 is 0 Å². The molecule has 0 bridgehead atoms. The maximum atomic E-state index is 13.6. The van der Waals surface area contributed by atoms with E-state index in [-0.39, 0.29) is 30.5 Å². The van der Waals surface area contributed by atoms with E-state index in [2.05, 4.69) is 63.2 Å². The van der Waals surface area contributed by atoms with E-state index in [1.54, 1.807) is 5.01 Å². The Morgan fingerprint density at radius 3 is 2.50 bits per heavy atom. The molecule has 2 aliphatic rings. The van der Waals surface area contributed by atoms with E-state index >= 15 is 0 Å². The van der Waals surface area contributed by atoms with Crippen LogP contribution in [0.2, 0.25) is 0 Å². The van der Waals surface area contributed by atoms with Gasteiger partial charge in [-0.25, -0.2) is 5.01 Å². The maximum Gasteiger partial charge on any atom is 0.323 e. The Labute approximate surface area is 202 Å². The van der Waals surface area contributed by atoms with E-state index in [1.807, 2.05) is 11.8 Å². The Morgan fingerprint density at radius 1 is 1.03 bits per heavy atom. The van der Waals surface area contributed by atoms with Gasteiger partial charge in [-0.15, -0.1) is 0 Å². The summed E-state index contributed by atoms with van der Waals surface area (Å²) in [7, 11) is 0. The topological polar surface area (TPSA) is 62.2 Å². The van der Waals surface area contributed by atoms with Gasteiger partial charge in [0, 0.05) is 12.0 Å². The molecular formula is C28H35N3O3. The van der Waals surface area contributed by atoms with E-state index in [4.69, 9.17) is 9.84 Å². The molecule has 34 heavy (non-hydrogen) atoms. The second-order valence-corrected chi connectivity index (χ2v) is 9.47. The smallest absolute Gasteiger partial charge is 0.323 e. The number of aryl methyl sites for hydroxylation is 3. The Bertz CT molecular complexity index is 1080. The summed E-state index contributed by atoms with van der Waals surface area (Å²) in [5, 5.41) is 6.52. The fraction of sp³-hybridized carbons (Fsp3) is 0.464. The molecule has 180 valence electrons. The fourth-order valence-corrected chi connectivity index (χ4v) is 4.93. The van der Waals surface area contributed by atoms with Crippen LogP contribution in [0, 0.1) is 20.8 Å². The number of nitrogens with zero attached hydrogens (tertiary/aromatic N) is 3. The first kappa shape index (κ1) is 24.1. The van der Waals surface area contributed by atoms with Crippen molar-refractivity contribution in [2.75, 3.05) is 19.7 Å². The molecule has 0 saturated carbocycles. The number of ether oxygens (including phenoxy) is 1. The van der Waals surface area contributed by atoms with Crippen molar-refractivity contribution in [3.63, 3.8) is 0 Å². The molecule has 0 N–H and O–H groups in total. The van der Waals surface area contributed by atoms with E-state index in [0.717, 1.165) is 41.7 Å². The Kier molecular flexibility index (Phi) is 7.47.